The summed E-state index contributed by atoms with van der Waals surface area (Å²) in [4.78, 5) is 12.2. The van der Waals surface area contributed by atoms with Gasteiger partial charge in [0.25, 0.3) is 5.91 Å². The number of aryl methyl sites for hydroxylation is 1. The van der Waals surface area contributed by atoms with Crippen LogP contribution in [0.25, 0.3) is 5.65 Å². The molecule has 2 heterocycles. The van der Waals surface area contributed by atoms with E-state index >= 15 is 0 Å². The molecule has 0 atom stereocenters. The van der Waals surface area contributed by atoms with Crippen LogP contribution in [0.4, 0.5) is 5.82 Å². The van der Waals surface area contributed by atoms with Crippen molar-refractivity contribution in [3.63, 3.8) is 0 Å². The van der Waals surface area contributed by atoms with Gasteiger partial charge in [0.2, 0.25) is 0 Å². The van der Waals surface area contributed by atoms with Crippen LogP contribution in [0.5, 0.6) is 0 Å². The van der Waals surface area contributed by atoms with Crippen LogP contribution >= 0.6 is 0 Å². The summed E-state index contributed by atoms with van der Waals surface area (Å²) in [5.74, 6) is 1.40. The number of carbonyl (C=O) groups excluding carboxylic acids is 1. The highest BCUT2D eigenvalue weighted by atomic mass is 16.1. The van der Waals surface area contributed by atoms with Crippen LogP contribution in [0.3, 0.4) is 0 Å². The lowest BCUT2D eigenvalue weighted by Gasteiger charge is -2.07. The summed E-state index contributed by atoms with van der Waals surface area (Å²) in [6.45, 7) is 1.29. The second-order valence-electron chi connectivity index (χ2n) is 6.99. The highest BCUT2D eigenvalue weighted by molar-refractivity contribution is 5.94. The molecule has 2 aromatic heterocycles. The molecule has 0 aliphatic carbocycles. The lowest BCUT2D eigenvalue weighted by molar-refractivity contribution is 0.0954. The maximum Gasteiger partial charge on any atom is 0.251 e. The molecular weight excluding hydrogens is 376 g/mol. The van der Waals surface area contributed by atoms with E-state index in [1.54, 1.807) is 16.6 Å². The standard InChI is InChI=1S/C23H24N6O/c30-23(19-11-5-2-6-12-19)25-17-15-22-27-26-21-14-13-20(28-29(21)22)24-16-7-10-18-8-3-1-4-9-18/h1-6,8-9,11-14H,7,10,15-17H2,(H,24,28)(H,25,30). The molecule has 2 aromatic carbocycles. The Hall–Kier alpha value is -3.74. The molecule has 4 rings (SSSR count). The number of aromatic nitrogens is 4. The van der Waals surface area contributed by atoms with Crippen LogP contribution in [0, 0.1) is 0 Å². The SMILES string of the molecule is O=C(NCCc1nnc2ccc(NCCCc3ccccc3)nn12)c1ccccc1. The second kappa shape index (κ2) is 9.65. The maximum atomic E-state index is 12.2. The third-order valence-corrected chi connectivity index (χ3v) is 4.79. The van der Waals surface area contributed by atoms with Gasteiger partial charge >= 0.3 is 0 Å². The average Bonchev–Trinajstić information content (AvgIpc) is 3.20. The monoisotopic (exact) mass is 400 g/mol. The van der Waals surface area contributed by atoms with E-state index in [0.29, 0.717) is 30.0 Å². The summed E-state index contributed by atoms with van der Waals surface area (Å²) in [5, 5.41) is 19.3. The molecule has 0 fully saturated rings. The number of rotatable bonds is 9. The van der Waals surface area contributed by atoms with Crippen molar-refractivity contribution < 1.29 is 4.79 Å². The van der Waals surface area contributed by atoms with Crippen molar-refractivity contribution in [3.8, 4) is 0 Å². The Labute approximate surface area is 175 Å². The Morgan fingerprint density at radius 2 is 1.60 bits per heavy atom. The van der Waals surface area contributed by atoms with Gasteiger partial charge in [-0.25, -0.2) is 0 Å². The molecule has 0 radical (unpaired) electrons. The normalized spacial score (nSPS) is 10.8. The number of hydrogen-bond donors (Lipinski definition) is 2. The van der Waals surface area contributed by atoms with Gasteiger partial charge in [0.1, 0.15) is 5.82 Å². The highest BCUT2D eigenvalue weighted by Gasteiger charge is 2.09. The molecule has 7 heteroatoms. The maximum absolute atomic E-state index is 12.2. The zero-order valence-corrected chi connectivity index (χ0v) is 16.7. The van der Waals surface area contributed by atoms with E-state index in [2.05, 4.69) is 50.2 Å². The predicted molar refractivity (Wildman–Crippen MR) is 117 cm³/mol. The van der Waals surface area contributed by atoms with Crippen molar-refractivity contribution >= 4 is 17.4 Å². The Kier molecular flexibility index (Phi) is 6.29. The first-order valence-electron chi connectivity index (χ1n) is 10.1. The van der Waals surface area contributed by atoms with E-state index in [0.717, 1.165) is 25.2 Å². The predicted octanol–water partition coefficient (Wildman–Crippen LogP) is 3.14. The molecular formula is C23H24N6O. The third kappa shape index (κ3) is 5.00. The number of carbonyl (C=O) groups is 1. The second-order valence-corrected chi connectivity index (χ2v) is 6.99. The topological polar surface area (TPSA) is 84.2 Å². The van der Waals surface area contributed by atoms with Crippen LogP contribution < -0.4 is 10.6 Å². The summed E-state index contributed by atoms with van der Waals surface area (Å²) >= 11 is 0. The molecule has 2 N–H and O–H groups in total. The lowest BCUT2D eigenvalue weighted by Crippen LogP contribution is -2.26. The van der Waals surface area contributed by atoms with Gasteiger partial charge in [-0.1, -0.05) is 48.5 Å². The fourth-order valence-electron chi connectivity index (χ4n) is 3.22. The quantitative estimate of drug-likeness (QED) is 0.422. The van der Waals surface area contributed by atoms with Crippen LogP contribution in [-0.4, -0.2) is 38.8 Å². The molecule has 0 bridgehead atoms. The van der Waals surface area contributed by atoms with E-state index in [9.17, 15) is 4.79 Å². The summed E-state index contributed by atoms with van der Waals surface area (Å²) < 4.78 is 1.73. The van der Waals surface area contributed by atoms with Gasteiger partial charge in [-0.15, -0.1) is 15.3 Å². The molecule has 0 spiro atoms. The van der Waals surface area contributed by atoms with Gasteiger partial charge in [-0.05, 0) is 42.7 Å². The first kappa shape index (κ1) is 19.6. The lowest BCUT2D eigenvalue weighted by atomic mass is 10.1. The largest absolute Gasteiger partial charge is 0.369 e. The minimum Gasteiger partial charge on any atom is -0.369 e. The Bertz CT molecular complexity index is 1090. The van der Waals surface area contributed by atoms with Crippen LogP contribution in [-0.2, 0) is 12.8 Å². The number of hydrogen-bond acceptors (Lipinski definition) is 5. The minimum absolute atomic E-state index is 0.0989. The highest BCUT2D eigenvalue weighted by Crippen LogP contribution is 2.09. The van der Waals surface area contributed by atoms with Gasteiger partial charge in [0, 0.05) is 25.1 Å². The smallest absolute Gasteiger partial charge is 0.251 e. The van der Waals surface area contributed by atoms with Crippen molar-refractivity contribution in [2.24, 2.45) is 0 Å². The number of nitrogens with zero attached hydrogens (tertiary/aromatic N) is 4. The molecule has 0 saturated heterocycles. The Morgan fingerprint density at radius 1 is 0.833 bits per heavy atom. The van der Waals surface area contributed by atoms with Crippen molar-refractivity contribution in [2.45, 2.75) is 19.3 Å². The minimum atomic E-state index is -0.0989. The summed E-state index contributed by atoms with van der Waals surface area (Å²) in [6.07, 6.45) is 2.59. The molecule has 0 saturated carbocycles. The number of fused-ring (bicyclic) bond motifs is 1. The molecule has 0 aliphatic rings. The van der Waals surface area contributed by atoms with Gasteiger partial charge < -0.3 is 10.6 Å². The van der Waals surface area contributed by atoms with Gasteiger partial charge in [0.05, 0.1) is 0 Å². The number of anilines is 1. The van der Waals surface area contributed by atoms with Gasteiger partial charge in [0.15, 0.2) is 11.5 Å². The fraction of sp³-hybridized carbons (Fsp3) is 0.217. The van der Waals surface area contributed by atoms with Crippen LogP contribution in [0.15, 0.2) is 72.8 Å². The van der Waals surface area contributed by atoms with Crippen LogP contribution in [0.1, 0.15) is 28.2 Å². The molecule has 1 amide bonds. The average molecular weight is 400 g/mol. The van der Waals surface area contributed by atoms with E-state index in [-0.39, 0.29) is 5.91 Å². The van der Waals surface area contributed by atoms with Crippen molar-refractivity contribution in [3.05, 3.63) is 89.7 Å². The van der Waals surface area contributed by atoms with E-state index in [1.165, 1.54) is 5.56 Å². The number of benzene rings is 2. The number of nitrogens with one attached hydrogen (secondary N) is 2. The van der Waals surface area contributed by atoms with E-state index < -0.39 is 0 Å². The zero-order valence-electron chi connectivity index (χ0n) is 16.7. The number of amides is 1. The van der Waals surface area contributed by atoms with Crippen molar-refractivity contribution in [2.75, 3.05) is 18.4 Å². The Morgan fingerprint density at radius 3 is 2.40 bits per heavy atom. The van der Waals surface area contributed by atoms with Crippen molar-refractivity contribution in [1.29, 1.82) is 0 Å². The fourth-order valence-corrected chi connectivity index (χ4v) is 3.22. The van der Waals surface area contributed by atoms with Crippen molar-refractivity contribution in [1.82, 2.24) is 25.1 Å². The van der Waals surface area contributed by atoms with Gasteiger partial charge in [-0.2, -0.15) is 4.52 Å². The first-order chi connectivity index (χ1) is 14.8. The molecule has 152 valence electrons. The molecule has 4 aromatic rings. The Balaban J connectivity index is 1.30. The van der Waals surface area contributed by atoms with E-state index in [1.807, 2.05) is 36.4 Å². The zero-order chi connectivity index (χ0) is 20.6. The van der Waals surface area contributed by atoms with E-state index in [4.69, 9.17) is 0 Å². The van der Waals surface area contributed by atoms with Gasteiger partial charge in [-0.3, -0.25) is 4.79 Å². The first-order valence-corrected chi connectivity index (χ1v) is 10.1. The summed E-state index contributed by atoms with van der Waals surface area (Å²) in [6, 6.07) is 23.4. The molecule has 30 heavy (non-hydrogen) atoms. The third-order valence-electron chi connectivity index (χ3n) is 4.79. The molecule has 7 nitrogen and oxygen atoms in total. The van der Waals surface area contributed by atoms with Crippen LogP contribution in [0.2, 0.25) is 0 Å². The molecule has 0 aliphatic heterocycles. The molecule has 0 unspecified atom stereocenters. The summed E-state index contributed by atoms with van der Waals surface area (Å²) in [5.41, 5.74) is 2.67. The summed E-state index contributed by atoms with van der Waals surface area (Å²) in [7, 11) is 0.